The number of nitrogens with zero attached hydrogens (tertiary/aromatic N) is 1. The Morgan fingerprint density at radius 1 is 1.41 bits per heavy atom. The van der Waals surface area contributed by atoms with Gasteiger partial charge in [-0.3, -0.25) is 0 Å². The highest BCUT2D eigenvalue weighted by Crippen LogP contribution is 2.33. The van der Waals surface area contributed by atoms with Crippen molar-refractivity contribution in [1.82, 2.24) is 0 Å². The van der Waals surface area contributed by atoms with E-state index < -0.39 is 0 Å². The van der Waals surface area contributed by atoms with Crippen LogP contribution in [-0.4, -0.2) is 13.1 Å². The molecule has 94 valence electrons. The van der Waals surface area contributed by atoms with Crippen LogP contribution in [0.15, 0.2) is 22.7 Å². The van der Waals surface area contributed by atoms with E-state index in [9.17, 15) is 0 Å². The molecule has 3 heteroatoms. The van der Waals surface area contributed by atoms with Gasteiger partial charge in [0.25, 0.3) is 0 Å². The predicted molar refractivity (Wildman–Crippen MR) is 78.9 cm³/mol. The number of halogens is 2. The first-order valence-electron chi connectivity index (χ1n) is 6.34. The lowest BCUT2D eigenvalue weighted by Crippen LogP contribution is -2.27. The molecule has 1 nitrogen and oxygen atoms in total. The summed E-state index contributed by atoms with van der Waals surface area (Å²) in [4.78, 5) is 2.50. The van der Waals surface area contributed by atoms with Crippen molar-refractivity contribution in [2.45, 2.75) is 32.1 Å². The van der Waals surface area contributed by atoms with Gasteiger partial charge < -0.3 is 4.90 Å². The third kappa shape index (κ3) is 3.62. The molecule has 2 rings (SSSR count). The van der Waals surface area contributed by atoms with E-state index in [2.05, 4.69) is 46.0 Å². The first kappa shape index (κ1) is 13.2. The van der Waals surface area contributed by atoms with Crippen LogP contribution in [0.25, 0.3) is 0 Å². The van der Waals surface area contributed by atoms with Crippen LogP contribution in [0.2, 0.25) is 0 Å². The van der Waals surface area contributed by atoms with Crippen LogP contribution in [0.3, 0.4) is 0 Å². The van der Waals surface area contributed by atoms with Crippen molar-refractivity contribution in [2.75, 3.05) is 18.0 Å². The lowest BCUT2D eigenvalue weighted by Gasteiger charge is -2.26. The van der Waals surface area contributed by atoms with Crippen LogP contribution in [0.5, 0.6) is 0 Å². The first-order chi connectivity index (χ1) is 8.24. The summed E-state index contributed by atoms with van der Waals surface area (Å²) in [6, 6.07) is 6.44. The van der Waals surface area contributed by atoms with Crippen molar-refractivity contribution in [1.29, 1.82) is 0 Å². The summed E-state index contributed by atoms with van der Waals surface area (Å²) in [6.07, 6.45) is 3.98. The van der Waals surface area contributed by atoms with Gasteiger partial charge in [-0.15, -0.1) is 11.6 Å². The summed E-state index contributed by atoms with van der Waals surface area (Å²) in [5.74, 6) is 1.49. The number of hydrogen-bond acceptors (Lipinski definition) is 1. The van der Waals surface area contributed by atoms with Crippen molar-refractivity contribution in [2.24, 2.45) is 5.92 Å². The molecule has 0 unspecified atom stereocenters. The topological polar surface area (TPSA) is 3.24 Å². The average molecular weight is 317 g/mol. The maximum absolute atomic E-state index is 6.05. The maximum Gasteiger partial charge on any atom is 0.0494 e. The van der Waals surface area contributed by atoms with E-state index in [1.807, 2.05) is 0 Å². The molecule has 1 aliphatic carbocycles. The minimum atomic E-state index is 0.583. The van der Waals surface area contributed by atoms with Gasteiger partial charge in [0.2, 0.25) is 0 Å². The molecule has 1 aromatic rings. The smallest absolute Gasteiger partial charge is 0.0494 e. The molecular formula is C14H19BrClN. The van der Waals surface area contributed by atoms with Crippen LogP contribution in [0, 0.1) is 5.92 Å². The van der Waals surface area contributed by atoms with Crippen molar-refractivity contribution in [3.63, 3.8) is 0 Å². The van der Waals surface area contributed by atoms with Crippen molar-refractivity contribution in [3.05, 3.63) is 28.2 Å². The van der Waals surface area contributed by atoms with Gasteiger partial charge >= 0.3 is 0 Å². The molecule has 0 heterocycles. The van der Waals surface area contributed by atoms with Gasteiger partial charge in [0.1, 0.15) is 0 Å². The first-order valence-corrected chi connectivity index (χ1v) is 7.66. The molecule has 17 heavy (non-hydrogen) atoms. The maximum atomic E-state index is 6.05. The predicted octanol–water partition coefficient (Wildman–Crippen LogP) is 4.81. The summed E-state index contributed by atoms with van der Waals surface area (Å²) in [5.41, 5.74) is 2.55. The van der Waals surface area contributed by atoms with Crippen molar-refractivity contribution < 1.29 is 0 Å². The van der Waals surface area contributed by atoms with Crippen LogP contribution in [-0.2, 0) is 5.88 Å². The van der Waals surface area contributed by atoms with E-state index in [1.165, 1.54) is 37.1 Å². The van der Waals surface area contributed by atoms with Crippen LogP contribution >= 0.6 is 27.5 Å². The Morgan fingerprint density at radius 3 is 2.76 bits per heavy atom. The molecule has 1 saturated carbocycles. The number of anilines is 1. The van der Waals surface area contributed by atoms with Crippen molar-refractivity contribution >= 4 is 33.2 Å². The zero-order valence-corrected chi connectivity index (χ0v) is 12.6. The fourth-order valence-electron chi connectivity index (χ4n) is 2.16. The fourth-order valence-corrected chi connectivity index (χ4v) is 2.78. The van der Waals surface area contributed by atoms with E-state index in [-0.39, 0.29) is 0 Å². The zero-order chi connectivity index (χ0) is 12.3. The monoisotopic (exact) mass is 315 g/mol. The summed E-state index contributed by atoms with van der Waals surface area (Å²) in [6.45, 7) is 4.56. The standard InChI is InChI=1S/C14H19BrClN/c1-2-7-17(10-11-3-4-11)14-6-5-13(15)8-12(14)9-16/h5-6,8,11H,2-4,7,9-10H2,1H3. The summed E-state index contributed by atoms with van der Waals surface area (Å²) in [5, 5.41) is 0. The molecule has 0 amide bonds. The molecule has 1 aromatic carbocycles. The third-order valence-electron chi connectivity index (χ3n) is 3.20. The van der Waals surface area contributed by atoms with Gasteiger partial charge in [0, 0.05) is 29.1 Å². The molecule has 0 aromatic heterocycles. The van der Waals surface area contributed by atoms with E-state index in [4.69, 9.17) is 11.6 Å². The van der Waals surface area contributed by atoms with E-state index >= 15 is 0 Å². The quantitative estimate of drug-likeness (QED) is 0.680. The number of hydrogen-bond donors (Lipinski definition) is 0. The largest absolute Gasteiger partial charge is 0.371 e. The molecule has 0 spiro atoms. The SMILES string of the molecule is CCCN(CC1CC1)c1ccc(Br)cc1CCl. The van der Waals surface area contributed by atoms with Crippen LogP contribution < -0.4 is 4.90 Å². The summed E-state index contributed by atoms with van der Waals surface area (Å²) in [7, 11) is 0. The van der Waals surface area contributed by atoms with Gasteiger partial charge in [-0.25, -0.2) is 0 Å². The van der Waals surface area contributed by atoms with E-state index in [0.29, 0.717) is 5.88 Å². The van der Waals surface area contributed by atoms with E-state index in [1.54, 1.807) is 0 Å². The normalized spacial score (nSPS) is 15.0. The number of rotatable bonds is 6. The highest BCUT2D eigenvalue weighted by Gasteiger charge is 2.24. The molecule has 0 atom stereocenters. The van der Waals surface area contributed by atoms with Gasteiger partial charge in [-0.1, -0.05) is 22.9 Å². The average Bonchev–Trinajstić information content (AvgIpc) is 3.12. The molecule has 1 fully saturated rings. The second-order valence-electron chi connectivity index (χ2n) is 4.80. The Kier molecular flexibility index (Phi) is 4.75. The minimum absolute atomic E-state index is 0.583. The Bertz CT molecular complexity index is 376. The molecular weight excluding hydrogens is 298 g/mol. The van der Waals surface area contributed by atoms with Gasteiger partial charge in [0.05, 0.1) is 0 Å². The molecule has 0 radical (unpaired) electrons. The molecule has 0 N–H and O–H groups in total. The summed E-state index contributed by atoms with van der Waals surface area (Å²) < 4.78 is 1.11. The Morgan fingerprint density at radius 2 is 2.18 bits per heavy atom. The lowest BCUT2D eigenvalue weighted by molar-refractivity contribution is 0.706. The zero-order valence-electron chi connectivity index (χ0n) is 10.3. The fraction of sp³-hybridized carbons (Fsp3) is 0.571. The van der Waals surface area contributed by atoms with Crippen LogP contribution in [0.1, 0.15) is 31.7 Å². The Hall–Kier alpha value is -0.210. The van der Waals surface area contributed by atoms with E-state index in [0.717, 1.165) is 16.9 Å². The third-order valence-corrected chi connectivity index (χ3v) is 3.98. The van der Waals surface area contributed by atoms with Crippen molar-refractivity contribution in [3.8, 4) is 0 Å². The minimum Gasteiger partial charge on any atom is -0.371 e. The highest BCUT2D eigenvalue weighted by molar-refractivity contribution is 9.10. The second-order valence-corrected chi connectivity index (χ2v) is 5.98. The van der Waals surface area contributed by atoms with Gasteiger partial charge in [-0.05, 0) is 48.9 Å². The van der Waals surface area contributed by atoms with Gasteiger partial charge in [0.15, 0.2) is 0 Å². The second kappa shape index (κ2) is 6.10. The molecule has 1 aliphatic rings. The highest BCUT2D eigenvalue weighted by atomic mass is 79.9. The number of benzene rings is 1. The molecule has 0 bridgehead atoms. The number of alkyl halides is 1. The molecule has 0 aliphatic heterocycles. The Labute approximate surface area is 117 Å². The Balaban J connectivity index is 2.20. The summed E-state index contributed by atoms with van der Waals surface area (Å²) >= 11 is 9.56. The molecule has 0 saturated heterocycles. The van der Waals surface area contributed by atoms with Crippen LogP contribution in [0.4, 0.5) is 5.69 Å². The van der Waals surface area contributed by atoms with Gasteiger partial charge in [-0.2, -0.15) is 0 Å². The lowest BCUT2D eigenvalue weighted by atomic mass is 10.1.